The van der Waals surface area contributed by atoms with Crippen LogP contribution in [-0.4, -0.2) is 46.7 Å². The Bertz CT molecular complexity index is 444. The lowest BCUT2D eigenvalue weighted by molar-refractivity contribution is -0.137. The summed E-state index contributed by atoms with van der Waals surface area (Å²) in [6.07, 6.45) is 0.742. The van der Waals surface area contributed by atoms with Gasteiger partial charge in [0, 0.05) is 26.6 Å². The van der Waals surface area contributed by atoms with Gasteiger partial charge in [-0.05, 0) is 13.8 Å². The van der Waals surface area contributed by atoms with Crippen molar-refractivity contribution in [2.24, 2.45) is 0 Å². The number of esters is 1. The highest BCUT2D eigenvalue weighted by atomic mass is 32.2. The minimum absolute atomic E-state index is 0.148. The standard InChI is InChI=1S/C11H18N4O2S/c1-7(2)15-10(14(3)4)12-13-11(15)18-8-5-6-17-9(8)16/h7-8H,5-6H2,1-4H3. The monoisotopic (exact) mass is 270 g/mol. The van der Waals surface area contributed by atoms with Crippen molar-refractivity contribution < 1.29 is 9.53 Å². The first-order valence-corrected chi connectivity index (χ1v) is 6.84. The van der Waals surface area contributed by atoms with Gasteiger partial charge in [0.2, 0.25) is 5.95 Å². The normalized spacial score (nSPS) is 19.4. The first-order valence-electron chi connectivity index (χ1n) is 5.96. The van der Waals surface area contributed by atoms with Gasteiger partial charge in [-0.15, -0.1) is 10.2 Å². The maximum atomic E-state index is 11.5. The van der Waals surface area contributed by atoms with Gasteiger partial charge in [-0.1, -0.05) is 11.8 Å². The topological polar surface area (TPSA) is 60.3 Å². The van der Waals surface area contributed by atoms with E-state index in [9.17, 15) is 4.79 Å². The summed E-state index contributed by atoms with van der Waals surface area (Å²) in [4.78, 5) is 13.4. The third-order valence-corrected chi connectivity index (χ3v) is 3.90. The second-order valence-corrected chi connectivity index (χ2v) is 5.87. The Morgan fingerprint density at radius 2 is 2.17 bits per heavy atom. The first-order chi connectivity index (χ1) is 8.50. The molecule has 1 aromatic rings. The summed E-state index contributed by atoms with van der Waals surface area (Å²) in [6, 6.07) is 0.248. The van der Waals surface area contributed by atoms with E-state index >= 15 is 0 Å². The van der Waals surface area contributed by atoms with E-state index in [1.807, 2.05) is 23.6 Å². The molecular formula is C11H18N4O2S. The SMILES string of the molecule is CC(C)n1c(SC2CCOC2=O)nnc1N(C)C. The molecule has 7 heteroatoms. The molecule has 0 aromatic carbocycles. The minimum atomic E-state index is -0.151. The molecule has 1 atom stereocenters. The molecule has 1 aliphatic rings. The molecule has 1 fully saturated rings. The van der Waals surface area contributed by atoms with Crippen molar-refractivity contribution in [1.82, 2.24) is 14.8 Å². The van der Waals surface area contributed by atoms with Crippen LogP contribution in [0.1, 0.15) is 26.3 Å². The molecule has 18 heavy (non-hydrogen) atoms. The highest BCUT2D eigenvalue weighted by Gasteiger charge is 2.30. The summed E-state index contributed by atoms with van der Waals surface area (Å²) in [5.41, 5.74) is 0. The molecule has 0 radical (unpaired) electrons. The van der Waals surface area contributed by atoms with Crippen LogP contribution < -0.4 is 4.90 Å². The van der Waals surface area contributed by atoms with E-state index in [1.54, 1.807) is 0 Å². The lowest BCUT2D eigenvalue weighted by atomic mass is 10.4. The van der Waals surface area contributed by atoms with Gasteiger partial charge in [0.05, 0.1) is 6.61 Å². The summed E-state index contributed by atoms with van der Waals surface area (Å²) in [5.74, 6) is 0.656. The molecule has 0 amide bonds. The molecule has 0 saturated carbocycles. The lowest BCUT2D eigenvalue weighted by Gasteiger charge is -2.18. The lowest BCUT2D eigenvalue weighted by Crippen LogP contribution is -2.18. The summed E-state index contributed by atoms with van der Waals surface area (Å²) < 4.78 is 7.00. The number of carbonyl (C=O) groups excluding carboxylic acids is 1. The Balaban J connectivity index is 2.24. The molecule has 1 aliphatic heterocycles. The average molecular weight is 270 g/mol. The van der Waals surface area contributed by atoms with E-state index < -0.39 is 0 Å². The van der Waals surface area contributed by atoms with Crippen molar-refractivity contribution in [2.45, 2.75) is 36.7 Å². The molecule has 0 bridgehead atoms. The Kier molecular flexibility index (Phi) is 3.79. The molecular weight excluding hydrogens is 252 g/mol. The Morgan fingerprint density at radius 1 is 1.44 bits per heavy atom. The second kappa shape index (κ2) is 5.17. The van der Waals surface area contributed by atoms with Crippen LogP contribution in [0.2, 0.25) is 0 Å². The minimum Gasteiger partial charge on any atom is -0.465 e. The molecule has 0 N–H and O–H groups in total. The van der Waals surface area contributed by atoms with Crippen molar-refractivity contribution in [3.8, 4) is 0 Å². The number of carbonyl (C=O) groups is 1. The quantitative estimate of drug-likeness (QED) is 0.769. The third kappa shape index (κ3) is 2.45. The Labute approximate surface area is 111 Å². The van der Waals surface area contributed by atoms with Gasteiger partial charge in [-0.25, -0.2) is 0 Å². The number of hydrogen-bond acceptors (Lipinski definition) is 6. The van der Waals surface area contributed by atoms with Gasteiger partial charge in [0.1, 0.15) is 5.25 Å². The third-order valence-electron chi connectivity index (χ3n) is 2.70. The van der Waals surface area contributed by atoms with Crippen molar-refractivity contribution in [2.75, 3.05) is 25.6 Å². The number of anilines is 1. The zero-order valence-electron chi connectivity index (χ0n) is 11.1. The van der Waals surface area contributed by atoms with Crippen molar-refractivity contribution >= 4 is 23.7 Å². The van der Waals surface area contributed by atoms with E-state index in [2.05, 4.69) is 24.0 Å². The van der Waals surface area contributed by atoms with E-state index in [4.69, 9.17) is 4.74 Å². The smallest absolute Gasteiger partial charge is 0.319 e. The average Bonchev–Trinajstić information content (AvgIpc) is 2.86. The fourth-order valence-corrected chi connectivity index (χ4v) is 2.94. The predicted octanol–water partition coefficient (Wildman–Crippen LogP) is 1.33. The van der Waals surface area contributed by atoms with E-state index in [1.165, 1.54) is 11.8 Å². The number of ether oxygens (including phenoxy) is 1. The zero-order chi connectivity index (χ0) is 13.3. The molecule has 0 spiro atoms. The molecule has 1 saturated heterocycles. The van der Waals surface area contributed by atoms with Crippen LogP contribution in [0, 0.1) is 0 Å². The molecule has 100 valence electrons. The van der Waals surface area contributed by atoms with Crippen molar-refractivity contribution in [1.29, 1.82) is 0 Å². The molecule has 2 rings (SSSR count). The van der Waals surface area contributed by atoms with E-state index in [0.29, 0.717) is 6.61 Å². The fourth-order valence-electron chi connectivity index (χ4n) is 1.82. The number of aromatic nitrogens is 3. The largest absolute Gasteiger partial charge is 0.465 e. The van der Waals surface area contributed by atoms with Gasteiger partial charge < -0.3 is 9.64 Å². The number of nitrogens with zero attached hydrogens (tertiary/aromatic N) is 4. The molecule has 1 unspecified atom stereocenters. The van der Waals surface area contributed by atoms with Crippen molar-refractivity contribution in [3.63, 3.8) is 0 Å². The molecule has 0 aliphatic carbocycles. The highest BCUT2D eigenvalue weighted by Crippen LogP contribution is 2.32. The number of thioether (sulfide) groups is 1. The zero-order valence-corrected chi connectivity index (χ0v) is 11.9. The van der Waals surface area contributed by atoms with E-state index in [0.717, 1.165) is 17.5 Å². The van der Waals surface area contributed by atoms with Crippen LogP contribution in [-0.2, 0) is 9.53 Å². The van der Waals surface area contributed by atoms with Gasteiger partial charge >= 0.3 is 5.97 Å². The van der Waals surface area contributed by atoms with Crippen LogP contribution in [0.5, 0.6) is 0 Å². The highest BCUT2D eigenvalue weighted by molar-refractivity contribution is 8.00. The fraction of sp³-hybridized carbons (Fsp3) is 0.727. The van der Waals surface area contributed by atoms with E-state index in [-0.39, 0.29) is 17.3 Å². The van der Waals surface area contributed by atoms with Gasteiger partial charge in [0.15, 0.2) is 5.16 Å². The molecule has 2 heterocycles. The summed E-state index contributed by atoms with van der Waals surface area (Å²) in [6.45, 7) is 4.66. The van der Waals surface area contributed by atoms with Crippen LogP contribution in [0.25, 0.3) is 0 Å². The van der Waals surface area contributed by atoms with Gasteiger partial charge in [0.25, 0.3) is 0 Å². The summed E-state index contributed by atoms with van der Waals surface area (Å²) >= 11 is 1.44. The Hall–Kier alpha value is -1.24. The van der Waals surface area contributed by atoms with Crippen LogP contribution >= 0.6 is 11.8 Å². The number of hydrogen-bond donors (Lipinski definition) is 0. The molecule has 1 aromatic heterocycles. The van der Waals surface area contributed by atoms with Crippen LogP contribution in [0.4, 0.5) is 5.95 Å². The first kappa shape index (κ1) is 13.2. The second-order valence-electron chi connectivity index (χ2n) is 4.70. The number of rotatable bonds is 4. The van der Waals surface area contributed by atoms with Crippen molar-refractivity contribution in [3.05, 3.63) is 0 Å². The maximum Gasteiger partial charge on any atom is 0.319 e. The van der Waals surface area contributed by atoms with Crippen LogP contribution in [0.15, 0.2) is 5.16 Å². The van der Waals surface area contributed by atoms with Gasteiger partial charge in [-0.3, -0.25) is 9.36 Å². The summed E-state index contributed by atoms with van der Waals surface area (Å²) in [5, 5.41) is 8.98. The maximum absolute atomic E-state index is 11.5. The summed E-state index contributed by atoms with van der Waals surface area (Å²) in [7, 11) is 3.86. The van der Waals surface area contributed by atoms with Gasteiger partial charge in [-0.2, -0.15) is 0 Å². The van der Waals surface area contributed by atoms with Crippen LogP contribution in [0.3, 0.4) is 0 Å². The predicted molar refractivity (Wildman–Crippen MR) is 70.0 cm³/mol. The molecule has 6 nitrogen and oxygen atoms in total. The Morgan fingerprint density at radius 3 is 2.67 bits per heavy atom. The number of cyclic esters (lactones) is 1.